The molecule has 0 unspecified atom stereocenters. The molecule has 0 aliphatic carbocycles. The van der Waals surface area contributed by atoms with Gasteiger partial charge in [0, 0.05) is 19.1 Å². The van der Waals surface area contributed by atoms with E-state index in [1.54, 1.807) is 26.0 Å². The van der Waals surface area contributed by atoms with Crippen LogP contribution in [0.2, 0.25) is 0 Å². The maximum Gasteiger partial charge on any atom is 0.136 e. The van der Waals surface area contributed by atoms with Crippen molar-refractivity contribution in [3.05, 3.63) is 66.2 Å². The molecule has 0 spiro atoms. The number of thioether (sulfide) groups is 1. The molecule has 2 aromatic rings. The SMILES string of the molecule is CO[C@@H]1[C@@H](OCc2ccccc2)[C@@H](C)O[C@@H](Sc2ccccc2)[C@H]1OC. The minimum absolute atomic E-state index is 0.101. The van der Waals surface area contributed by atoms with Crippen molar-refractivity contribution in [3.8, 4) is 0 Å². The number of hydrogen-bond acceptors (Lipinski definition) is 5. The summed E-state index contributed by atoms with van der Waals surface area (Å²) in [5.74, 6) is 0. The summed E-state index contributed by atoms with van der Waals surface area (Å²) in [5.41, 5.74) is 0.975. The molecule has 1 aliphatic heterocycles. The Bertz CT molecular complexity index is 650. The number of rotatable bonds is 7. The zero-order valence-electron chi connectivity index (χ0n) is 15.4. The topological polar surface area (TPSA) is 36.9 Å². The highest BCUT2D eigenvalue weighted by molar-refractivity contribution is 7.99. The lowest BCUT2D eigenvalue weighted by atomic mass is 10.00. The first-order valence-corrected chi connectivity index (χ1v) is 9.69. The van der Waals surface area contributed by atoms with Crippen molar-refractivity contribution < 1.29 is 18.9 Å². The van der Waals surface area contributed by atoms with Crippen LogP contribution in [0.25, 0.3) is 0 Å². The van der Waals surface area contributed by atoms with Crippen molar-refractivity contribution in [2.45, 2.75) is 48.3 Å². The number of hydrogen-bond donors (Lipinski definition) is 0. The third-order valence-electron chi connectivity index (χ3n) is 4.55. The van der Waals surface area contributed by atoms with Crippen LogP contribution in [-0.4, -0.2) is 44.1 Å². The highest BCUT2D eigenvalue weighted by atomic mass is 32.2. The van der Waals surface area contributed by atoms with Gasteiger partial charge < -0.3 is 18.9 Å². The molecule has 0 amide bonds. The predicted octanol–water partition coefficient (Wildman–Crippen LogP) is 4.14. The molecule has 4 nitrogen and oxygen atoms in total. The van der Waals surface area contributed by atoms with Crippen molar-refractivity contribution >= 4 is 11.8 Å². The molecule has 0 N–H and O–H groups in total. The number of benzene rings is 2. The lowest BCUT2D eigenvalue weighted by Gasteiger charge is -2.44. The van der Waals surface area contributed by atoms with Crippen molar-refractivity contribution in [2.24, 2.45) is 0 Å². The van der Waals surface area contributed by atoms with Crippen LogP contribution in [-0.2, 0) is 25.6 Å². The van der Waals surface area contributed by atoms with E-state index in [0.717, 1.165) is 10.5 Å². The Kier molecular flexibility index (Phi) is 7.11. The van der Waals surface area contributed by atoms with E-state index in [4.69, 9.17) is 18.9 Å². The molecule has 5 atom stereocenters. The van der Waals surface area contributed by atoms with Gasteiger partial charge in [0.25, 0.3) is 0 Å². The minimum Gasteiger partial charge on any atom is -0.376 e. The zero-order valence-corrected chi connectivity index (χ0v) is 16.2. The predicted molar refractivity (Wildman–Crippen MR) is 103 cm³/mol. The van der Waals surface area contributed by atoms with Gasteiger partial charge in [0.2, 0.25) is 0 Å². The largest absolute Gasteiger partial charge is 0.376 e. The zero-order chi connectivity index (χ0) is 18.4. The first-order chi connectivity index (χ1) is 12.7. The van der Waals surface area contributed by atoms with Gasteiger partial charge in [-0.25, -0.2) is 0 Å². The highest BCUT2D eigenvalue weighted by Crippen LogP contribution is 2.36. The van der Waals surface area contributed by atoms with Crippen LogP contribution in [0, 0.1) is 0 Å². The van der Waals surface area contributed by atoms with E-state index in [-0.39, 0.29) is 29.9 Å². The molecule has 0 bridgehead atoms. The highest BCUT2D eigenvalue weighted by Gasteiger charge is 2.46. The van der Waals surface area contributed by atoms with Crippen LogP contribution in [0.4, 0.5) is 0 Å². The van der Waals surface area contributed by atoms with Crippen LogP contribution in [0.3, 0.4) is 0 Å². The standard InChI is InChI=1S/C21H26O4S/c1-15-18(24-14-16-10-6-4-7-11-16)19(22-2)20(23-3)21(25-15)26-17-12-8-5-9-13-17/h4-13,15,18-21H,14H2,1-3H3/t15-,18+,19-,20+,21+/m1/s1. The maximum absolute atomic E-state index is 6.26. The van der Waals surface area contributed by atoms with Crippen molar-refractivity contribution in [1.82, 2.24) is 0 Å². The summed E-state index contributed by atoms with van der Waals surface area (Å²) < 4.78 is 24.0. The molecule has 140 valence electrons. The monoisotopic (exact) mass is 374 g/mol. The molecule has 0 aromatic heterocycles. The lowest BCUT2D eigenvalue weighted by molar-refractivity contribution is -0.226. The van der Waals surface area contributed by atoms with Gasteiger partial charge >= 0.3 is 0 Å². The molecule has 1 heterocycles. The summed E-state index contributed by atoms with van der Waals surface area (Å²) >= 11 is 1.65. The molecule has 1 fully saturated rings. The van der Waals surface area contributed by atoms with E-state index < -0.39 is 0 Å². The van der Waals surface area contributed by atoms with Gasteiger partial charge in [-0.05, 0) is 24.6 Å². The Morgan fingerprint density at radius 1 is 0.846 bits per heavy atom. The van der Waals surface area contributed by atoms with E-state index >= 15 is 0 Å². The second-order valence-electron chi connectivity index (χ2n) is 6.30. The molecule has 1 aliphatic rings. The van der Waals surface area contributed by atoms with Gasteiger partial charge in [0.15, 0.2) is 0 Å². The minimum atomic E-state index is -0.220. The van der Waals surface area contributed by atoms with E-state index in [2.05, 4.69) is 24.3 Å². The molecule has 5 heteroatoms. The fraction of sp³-hybridized carbons (Fsp3) is 0.429. The Balaban J connectivity index is 1.70. The van der Waals surface area contributed by atoms with Gasteiger partial charge in [-0.15, -0.1) is 0 Å². The summed E-state index contributed by atoms with van der Waals surface area (Å²) in [6.45, 7) is 2.55. The molecular weight excluding hydrogens is 348 g/mol. The summed E-state index contributed by atoms with van der Waals surface area (Å²) in [6.07, 6.45) is -0.718. The fourth-order valence-electron chi connectivity index (χ4n) is 3.21. The van der Waals surface area contributed by atoms with Crippen molar-refractivity contribution in [2.75, 3.05) is 14.2 Å². The summed E-state index contributed by atoms with van der Waals surface area (Å²) in [6, 6.07) is 20.3. The average molecular weight is 375 g/mol. The van der Waals surface area contributed by atoms with E-state index in [0.29, 0.717) is 6.61 Å². The third-order valence-corrected chi connectivity index (χ3v) is 5.71. The van der Waals surface area contributed by atoms with E-state index in [1.807, 2.05) is 43.3 Å². The molecule has 3 rings (SSSR count). The van der Waals surface area contributed by atoms with Crippen LogP contribution in [0.1, 0.15) is 12.5 Å². The molecule has 0 saturated carbocycles. The van der Waals surface area contributed by atoms with Crippen LogP contribution >= 0.6 is 11.8 Å². The van der Waals surface area contributed by atoms with E-state index in [1.165, 1.54) is 0 Å². The van der Waals surface area contributed by atoms with E-state index in [9.17, 15) is 0 Å². The average Bonchev–Trinajstić information content (AvgIpc) is 2.68. The van der Waals surface area contributed by atoms with Crippen LogP contribution in [0.15, 0.2) is 65.6 Å². The molecule has 1 saturated heterocycles. The Labute approximate surface area is 159 Å². The normalized spacial score (nSPS) is 28.8. The van der Waals surface area contributed by atoms with Gasteiger partial charge in [0.05, 0.1) is 12.7 Å². The lowest BCUT2D eigenvalue weighted by Crippen LogP contribution is -2.57. The molecule has 26 heavy (non-hydrogen) atoms. The first kappa shape index (κ1) is 19.4. The van der Waals surface area contributed by atoms with Gasteiger partial charge in [0.1, 0.15) is 23.7 Å². The van der Waals surface area contributed by atoms with Gasteiger partial charge in [-0.1, -0.05) is 60.3 Å². The molecule has 2 aromatic carbocycles. The smallest absolute Gasteiger partial charge is 0.136 e. The first-order valence-electron chi connectivity index (χ1n) is 8.81. The van der Waals surface area contributed by atoms with Gasteiger partial charge in [-0.3, -0.25) is 0 Å². The Morgan fingerprint density at radius 2 is 1.46 bits per heavy atom. The third kappa shape index (κ3) is 4.67. The van der Waals surface area contributed by atoms with Gasteiger partial charge in [-0.2, -0.15) is 0 Å². The Hall–Kier alpha value is -1.37. The number of methoxy groups -OCH3 is 2. The summed E-state index contributed by atoms with van der Waals surface area (Å²) in [5, 5.41) is 0. The second-order valence-corrected chi connectivity index (χ2v) is 7.47. The Morgan fingerprint density at radius 3 is 2.08 bits per heavy atom. The molecule has 0 radical (unpaired) electrons. The summed E-state index contributed by atoms with van der Waals surface area (Å²) in [4.78, 5) is 1.14. The van der Waals surface area contributed by atoms with Crippen molar-refractivity contribution in [3.63, 3.8) is 0 Å². The quantitative estimate of drug-likeness (QED) is 0.728. The second kappa shape index (κ2) is 9.53. The fourth-order valence-corrected chi connectivity index (χ4v) is 4.43. The maximum atomic E-state index is 6.26. The van der Waals surface area contributed by atoms with Crippen LogP contribution < -0.4 is 0 Å². The number of ether oxygens (including phenoxy) is 4. The van der Waals surface area contributed by atoms with Crippen molar-refractivity contribution in [1.29, 1.82) is 0 Å². The summed E-state index contributed by atoms with van der Waals surface area (Å²) in [7, 11) is 3.40. The van der Waals surface area contributed by atoms with Crippen LogP contribution in [0.5, 0.6) is 0 Å². The molecular formula is C21H26O4S.